The van der Waals surface area contributed by atoms with E-state index in [1.54, 1.807) is 0 Å². The van der Waals surface area contributed by atoms with Gasteiger partial charge in [-0.25, -0.2) is 4.98 Å². The van der Waals surface area contributed by atoms with E-state index in [-0.39, 0.29) is 6.10 Å². The van der Waals surface area contributed by atoms with Crippen LogP contribution in [0, 0.1) is 6.92 Å². The van der Waals surface area contributed by atoms with E-state index < -0.39 is 0 Å². The summed E-state index contributed by atoms with van der Waals surface area (Å²) >= 11 is 0. The van der Waals surface area contributed by atoms with E-state index in [1.165, 1.54) is 10.9 Å². The summed E-state index contributed by atoms with van der Waals surface area (Å²) in [6, 6.07) is 10.2. The molecule has 1 atom stereocenters. The Morgan fingerprint density at radius 1 is 1.20 bits per heavy atom. The molecular formula is C17H25N2O+. The quantitative estimate of drug-likeness (QED) is 0.779. The molecule has 0 radical (unpaired) electrons. The summed E-state index contributed by atoms with van der Waals surface area (Å²) < 4.78 is 6.93. The molecule has 0 saturated carbocycles. The van der Waals surface area contributed by atoms with E-state index in [2.05, 4.69) is 46.0 Å². The molecule has 0 aliphatic carbocycles. The highest BCUT2D eigenvalue weighted by Gasteiger charge is 2.13. The monoisotopic (exact) mass is 273 g/mol. The Morgan fingerprint density at radius 3 is 2.60 bits per heavy atom. The van der Waals surface area contributed by atoms with Gasteiger partial charge in [0.2, 0.25) is 5.88 Å². The first-order valence-electron chi connectivity index (χ1n) is 7.19. The van der Waals surface area contributed by atoms with Gasteiger partial charge in [0.15, 0.2) is 0 Å². The second-order valence-corrected chi connectivity index (χ2v) is 6.53. The second kappa shape index (κ2) is 5.80. The SMILES string of the molecule is Cc1cc(OC(C)CC[N+](C)(C)C)nc2ccccc12. The lowest BCUT2D eigenvalue weighted by Crippen LogP contribution is -2.37. The largest absolute Gasteiger partial charge is 0.474 e. The molecule has 108 valence electrons. The molecule has 0 bridgehead atoms. The van der Waals surface area contributed by atoms with E-state index in [4.69, 9.17) is 4.74 Å². The molecule has 1 unspecified atom stereocenters. The number of quaternary nitrogens is 1. The van der Waals surface area contributed by atoms with E-state index >= 15 is 0 Å². The summed E-state index contributed by atoms with van der Waals surface area (Å²) in [5, 5.41) is 1.19. The number of rotatable bonds is 5. The number of pyridine rings is 1. The van der Waals surface area contributed by atoms with Crippen LogP contribution >= 0.6 is 0 Å². The van der Waals surface area contributed by atoms with Gasteiger partial charge in [-0.1, -0.05) is 18.2 Å². The zero-order valence-electron chi connectivity index (χ0n) is 13.2. The lowest BCUT2D eigenvalue weighted by molar-refractivity contribution is -0.870. The van der Waals surface area contributed by atoms with Gasteiger partial charge in [0.05, 0.1) is 33.2 Å². The minimum Gasteiger partial charge on any atom is -0.474 e. The number of hydrogen-bond acceptors (Lipinski definition) is 2. The second-order valence-electron chi connectivity index (χ2n) is 6.53. The fourth-order valence-electron chi connectivity index (χ4n) is 2.21. The van der Waals surface area contributed by atoms with E-state index in [1.807, 2.05) is 24.3 Å². The van der Waals surface area contributed by atoms with Gasteiger partial charge in [0, 0.05) is 17.9 Å². The maximum atomic E-state index is 5.98. The van der Waals surface area contributed by atoms with Crippen LogP contribution in [0.25, 0.3) is 10.9 Å². The molecule has 0 aliphatic rings. The summed E-state index contributed by atoms with van der Waals surface area (Å²) in [6.07, 6.45) is 1.21. The Labute approximate surface area is 121 Å². The van der Waals surface area contributed by atoms with Gasteiger partial charge in [-0.2, -0.15) is 0 Å². The lowest BCUT2D eigenvalue weighted by Gasteiger charge is -2.25. The van der Waals surface area contributed by atoms with Crippen molar-refractivity contribution in [3.05, 3.63) is 35.9 Å². The topological polar surface area (TPSA) is 22.1 Å². The maximum Gasteiger partial charge on any atom is 0.214 e. The van der Waals surface area contributed by atoms with Crippen LogP contribution in [0.5, 0.6) is 5.88 Å². The molecule has 3 nitrogen and oxygen atoms in total. The normalized spacial score (nSPS) is 13.4. The zero-order valence-corrected chi connectivity index (χ0v) is 13.2. The van der Waals surface area contributed by atoms with Gasteiger partial charge in [0.25, 0.3) is 0 Å². The highest BCUT2D eigenvalue weighted by atomic mass is 16.5. The van der Waals surface area contributed by atoms with E-state index in [0.717, 1.165) is 28.8 Å². The molecule has 0 fully saturated rings. The summed E-state index contributed by atoms with van der Waals surface area (Å²) in [6.45, 7) is 5.31. The molecule has 3 heteroatoms. The van der Waals surface area contributed by atoms with Crippen molar-refractivity contribution in [2.24, 2.45) is 0 Å². The standard InChI is InChI=1S/C17H25N2O/c1-13-12-17(18-16-9-7-6-8-15(13)16)20-14(2)10-11-19(3,4)5/h6-9,12,14H,10-11H2,1-5H3/q+1. The van der Waals surface area contributed by atoms with Gasteiger partial charge < -0.3 is 9.22 Å². The molecular weight excluding hydrogens is 248 g/mol. The number of para-hydroxylation sites is 1. The van der Waals surface area contributed by atoms with Gasteiger partial charge in [-0.3, -0.25) is 0 Å². The van der Waals surface area contributed by atoms with Crippen LogP contribution in [0.2, 0.25) is 0 Å². The van der Waals surface area contributed by atoms with Crippen molar-refractivity contribution in [3.8, 4) is 5.88 Å². The molecule has 0 aliphatic heterocycles. The molecule has 1 aromatic carbocycles. The average molecular weight is 273 g/mol. The van der Waals surface area contributed by atoms with Crippen molar-refractivity contribution in [1.82, 2.24) is 4.98 Å². The Bertz CT molecular complexity index is 587. The van der Waals surface area contributed by atoms with Crippen LogP contribution in [-0.4, -0.2) is 43.3 Å². The van der Waals surface area contributed by atoms with Crippen molar-refractivity contribution in [3.63, 3.8) is 0 Å². The third-order valence-electron chi connectivity index (χ3n) is 3.43. The lowest BCUT2D eigenvalue weighted by atomic mass is 10.1. The Kier molecular flexibility index (Phi) is 4.29. The van der Waals surface area contributed by atoms with Crippen LogP contribution in [-0.2, 0) is 0 Å². The molecule has 2 rings (SSSR count). The Balaban J connectivity index is 2.10. The Morgan fingerprint density at radius 2 is 1.90 bits per heavy atom. The van der Waals surface area contributed by atoms with Crippen molar-refractivity contribution in [2.45, 2.75) is 26.4 Å². The third-order valence-corrected chi connectivity index (χ3v) is 3.43. The summed E-state index contributed by atoms with van der Waals surface area (Å²) in [5.74, 6) is 0.732. The number of fused-ring (bicyclic) bond motifs is 1. The molecule has 20 heavy (non-hydrogen) atoms. The molecule has 2 aromatic rings. The van der Waals surface area contributed by atoms with Crippen molar-refractivity contribution < 1.29 is 9.22 Å². The van der Waals surface area contributed by atoms with Crippen LogP contribution in [0.3, 0.4) is 0 Å². The summed E-state index contributed by atoms with van der Waals surface area (Å²) in [4.78, 5) is 4.59. The fraction of sp³-hybridized carbons (Fsp3) is 0.471. The summed E-state index contributed by atoms with van der Waals surface area (Å²) in [7, 11) is 6.60. The highest BCUT2D eigenvalue weighted by Crippen LogP contribution is 2.22. The minimum absolute atomic E-state index is 0.181. The molecule has 1 aromatic heterocycles. The summed E-state index contributed by atoms with van der Waals surface area (Å²) in [5.41, 5.74) is 2.21. The van der Waals surface area contributed by atoms with Crippen LogP contribution in [0.4, 0.5) is 0 Å². The van der Waals surface area contributed by atoms with Gasteiger partial charge in [-0.15, -0.1) is 0 Å². The highest BCUT2D eigenvalue weighted by molar-refractivity contribution is 5.82. The molecule has 0 N–H and O–H groups in total. The molecule has 0 spiro atoms. The smallest absolute Gasteiger partial charge is 0.214 e. The first-order chi connectivity index (χ1) is 9.35. The van der Waals surface area contributed by atoms with E-state index in [9.17, 15) is 0 Å². The van der Waals surface area contributed by atoms with Gasteiger partial charge >= 0.3 is 0 Å². The fourth-order valence-corrected chi connectivity index (χ4v) is 2.21. The Hall–Kier alpha value is -1.61. The van der Waals surface area contributed by atoms with E-state index in [0.29, 0.717) is 0 Å². The van der Waals surface area contributed by atoms with Crippen molar-refractivity contribution >= 4 is 10.9 Å². The molecule has 0 saturated heterocycles. The number of ether oxygens (including phenoxy) is 1. The number of hydrogen-bond donors (Lipinski definition) is 0. The molecule has 1 heterocycles. The number of aromatic nitrogens is 1. The van der Waals surface area contributed by atoms with Crippen LogP contribution in [0.15, 0.2) is 30.3 Å². The van der Waals surface area contributed by atoms with Crippen molar-refractivity contribution in [1.29, 1.82) is 0 Å². The predicted molar refractivity (Wildman–Crippen MR) is 84.1 cm³/mol. The van der Waals surface area contributed by atoms with Crippen LogP contribution in [0.1, 0.15) is 18.9 Å². The first kappa shape index (κ1) is 14.8. The maximum absolute atomic E-state index is 5.98. The minimum atomic E-state index is 0.181. The number of nitrogens with zero attached hydrogens (tertiary/aromatic N) is 2. The average Bonchev–Trinajstić information content (AvgIpc) is 2.36. The van der Waals surface area contributed by atoms with Gasteiger partial charge in [-0.05, 0) is 25.5 Å². The van der Waals surface area contributed by atoms with Gasteiger partial charge in [0.1, 0.15) is 6.10 Å². The van der Waals surface area contributed by atoms with Crippen LogP contribution < -0.4 is 4.74 Å². The first-order valence-corrected chi connectivity index (χ1v) is 7.19. The van der Waals surface area contributed by atoms with Crippen molar-refractivity contribution in [2.75, 3.05) is 27.7 Å². The predicted octanol–water partition coefficient (Wildman–Crippen LogP) is 3.41. The zero-order chi connectivity index (χ0) is 14.8. The number of benzene rings is 1. The third kappa shape index (κ3) is 3.94. The number of aryl methyl sites for hydroxylation is 1. The molecule has 0 amide bonds.